The summed E-state index contributed by atoms with van der Waals surface area (Å²) in [7, 11) is 0. The Hall–Kier alpha value is -1.71. The number of alkyl halides is 3. The number of halogens is 3. The summed E-state index contributed by atoms with van der Waals surface area (Å²) in [5, 5.41) is 12.7. The summed E-state index contributed by atoms with van der Waals surface area (Å²) >= 11 is 0. The first-order valence-corrected chi connectivity index (χ1v) is 6.25. The van der Waals surface area contributed by atoms with Crippen molar-refractivity contribution in [2.75, 3.05) is 19.6 Å². The van der Waals surface area contributed by atoms with Crippen molar-refractivity contribution in [3.63, 3.8) is 0 Å². The van der Waals surface area contributed by atoms with Gasteiger partial charge >= 0.3 is 6.18 Å². The fourth-order valence-corrected chi connectivity index (χ4v) is 1.99. The Balaban J connectivity index is 1.86. The van der Waals surface area contributed by atoms with Gasteiger partial charge in [0.1, 0.15) is 13.1 Å². The third-order valence-electron chi connectivity index (χ3n) is 2.95. The Morgan fingerprint density at radius 1 is 1.30 bits per heavy atom. The van der Waals surface area contributed by atoms with Crippen molar-refractivity contribution in [2.45, 2.75) is 32.1 Å². The molecule has 1 N–H and O–H groups in total. The van der Waals surface area contributed by atoms with Gasteiger partial charge in [-0.15, -0.1) is 5.10 Å². The molecule has 1 saturated heterocycles. The number of hydrogen-bond donors (Lipinski definition) is 1. The van der Waals surface area contributed by atoms with Gasteiger partial charge in [0.15, 0.2) is 5.82 Å². The zero-order valence-corrected chi connectivity index (χ0v) is 10.7. The molecule has 1 amide bonds. The summed E-state index contributed by atoms with van der Waals surface area (Å²) in [6.07, 6.45) is -2.21. The highest BCUT2D eigenvalue weighted by Crippen LogP contribution is 2.12. The van der Waals surface area contributed by atoms with Crippen LogP contribution in [0.25, 0.3) is 0 Å². The molecule has 2 rings (SSSR count). The van der Waals surface area contributed by atoms with Gasteiger partial charge < -0.3 is 5.32 Å². The van der Waals surface area contributed by atoms with Gasteiger partial charge in [-0.1, -0.05) is 0 Å². The fraction of sp³-hybridized carbons (Fsp3) is 0.800. The number of nitrogens with one attached hydrogen (secondary N) is 1. The molecule has 0 aromatic carbocycles. The predicted molar refractivity (Wildman–Crippen MR) is 61.4 cm³/mol. The van der Waals surface area contributed by atoms with Gasteiger partial charge in [-0.25, -0.2) is 4.68 Å². The molecule has 10 heteroatoms. The first kappa shape index (κ1) is 14.7. The monoisotopic (exact) mass is 292 g/mol. The van der Waals surface area contributed by atoms with E-state index in [4.69, 9.17) is 0 Å². The number of nitrogens with zero attached hydrogens (tertiary/aromatic N) is 5. The molecule has 0 radical (unpaired) electrons. The lowest BCUT2D eigenvalue weighted by Crippen LogP contribution is -2.36. The van der Waals surface area contributed by atoms with Crippen LogP contribution in [0.15, 0.2) is 0 Å². The number of hydrogen-bond acceptors (Lipinski definition) is 5. The van der Waals surface area contributed by atoms with Gasteiger partial charge in [0.2, 0.25) is 5.91 Å². The second-order valence-electron chi connectivity index (χ2n) is 4.63. The van der Waals surface area contributed by atoms with Crippen LogP contribution in [0.5, 0.6) is 0 Å². The minimum Gasteiger partial charge on any atom is -0.345 e. The van der Waals surface area contributed by atoms with Gasteiger partial charge in [0.25, 0.3) is 0 Å². The van der Waals surface area contributed by atoms with E-state index in [1.807, 2.05) is 0 Å². The van der Waals surface area contributed by atoms with Crippen LogP contribution in [-0.2, 0) is 17.9 Å². The van der Waals surface area contributed by atoms with Crippen LogP contribution in [0.2, 0.25) is 0 Å². The zero-order chi connectivity index (χ0) is 14.6. The van der Waals surface area contributed by atoms with Gasteiger partial charge in [-0.2, -0.15) is 13.2 Å². The Bertz CT molecular complexity index is 454. The van der Waals surface area contributed by atoms with Crippen LogP contribution in [0.3, 0.4) is 0 Å². The van der Waals surface area contributed by atoms with Crippen LogP contribution in [-0.4, -0.2) is 56.8 Å². The van der Waals surface area contributed by atoms with Crippen LogP contribution < -0.4 is 5.32 Å². The number of likely N-dealkylation sites (tertiary alicyclic amines) is 1. The van der Waals surface area contributed by atoms with Crippen LogP contribution >= 0.6 is 0 Å². The molecule has 0 spiro atoms. The van der Waals surface area contributed by atoms with Crippen LogP contribution in [0.4, 0.5) is 13.2 Å². The van der Waals surface area contributed by atoms with Crippen molar-refractivity contribution in [3.8, 4) is 0 Å². The molecule has 1 aliphatic rings. The number of rotatable bonds is 5. The summed E-state index contributed by atoms with van der Waals surface area (Å²) in [5.74, 6) is -0.286. The van der Waals surface area contributed by atoms with E-state index in [2.05, 4.69) is 20.4 Å². The Labute approximate surface area is 113 Å². The molecule has 1 aliphatic heterocycles. The van der Waals surface area contributed by atoms with E-state index in [1.165, 1.54) is 4.68 Å². The molecule has 2 heterocycles. The summed E-state index contributed by atoms with van der Waals surface area (Å²) in [4.78, 5) is 13.5. The maximum atomic E-state index is 12.0. The molecule has 1 fully saturated rings. The van der Waals surface area contributed by atoms with E-state index in [0.29, 0.717) is 12.4 Å². The van der Waals surface area contributed by atoms with Gasteiger partial charge in [-0.3, -0.25) is 9.69 Å². The fourth-order valence-electron chi connectivity index (χ4n) is 1.99. The molecule has 1 aromatic rings. The van der Waals surface area contributed by atoms with Crippen molar-refractivity contribution in [2.24, 2.45) is 0 Å². The second kappa shape index (κ2) is 6.16. The molecular weight excluding hydrogens is 277 g/mol. The molecule has 0 unspecified atom stereocenters. The van der Waals surface area contributed by atoms with Crippen LogP contribution in [0.1, 0.15) is 18.7 Å². The lowest BCUT2D eigenvalue weighted by Gasteiger charge is -2.13. The standard InChI is InChI=1S/C10H15F3N6O/c11-10(12,13)7-14-9(20)6-19-8(15-16-17-19)5-18-3-1-2-4-18/h1-7H2,(H,14,20). The topological polar surface area (TPSA) is 75.9 Å². The smallest absolute Gasteiger partial charge is 0.345 e. The molecule has 0 bridgehead atoms. The first-order valence-electron chi connectivity index (χ1n) is 6.25. The summed E-state index contributed by atoms with van der Waals surface area (Å²) < 4.78 is 37.2. The molecule has 0 atom stereocenters. The molecule has 1 aromatic heterocycles. The Morgan fingerprint density at radius 3 is 2.65 bits per heavy atom. The van der Waals surface area contributed by atoms with E-state index in [0.717, 1.165) is 25.9 Å². The minimum atomic E-state index is -4.42. The summed E-state index contributed by atoms with van der Waals surface area (Å²) in [5.41, 5.74) is 0. The third kappa shape index (κ3) is 4.44. The van der Waals surface area contributed by atoms with Gasteiger partial charge in [-0.05, 0) is 36.4 Å². The zero-order valence-electron chi connectivity index (χ0n) is 10.7. The van der Waals surface area contributed by atoms with E-state index < -0.39 is 18.6 Å². The minimum absolute atomic E-state index is 0.313. The van der Waals surface area contributed by atoms with Crippen molar-refractivity contribution < 1.29 is 18.0 Å². The first-order chi connectivity index (χ1) is 9.44. The molecule has 0 aliphatic carbocycles. The highest BCUT2D eigenvalue weighted by atomic mass is 19.4. The van der Waals surface area contributed by atoms with Crippen molar-refractivity contribution in [1.29, 1.82) is 0 Å². The highest BCUT2D eigenvalue weighted by Gasteiger charge is 2.28. The van der Waals surface area contributed by atoms with Crippen molar-refractivity contribution >= 4 is 5.91 Å². The van der Waals surface area contributed by atoms with Gasteiger partial charge in [0, 0.05) is 0 Å². The normalized spacial score (nSPS) is 16.6. The van der Waals surface area contributed by atoms with Crippen molar-refractivity contribution in [3.05, 3.63) is 5.82 Å². The number of carbonyl (C=O) groups is 1. The number of carbonyl (C=O) groups excluding carboxylic acids is 1. The molecular formula is C10H15F3N6O. The number of tetrazole rings is 1. The average Bonchev–Trinajstić information content (AvgIpc) is 2.99. The van der Waals surface area contributed by atoms with Crippen molar-refractivity contribution in [1.82, 2.24) is 30.4 Å². The lowest BCUT2D eigenvalue weighted by molar-refractivity contribution is -0.138. The van der Waals surface area contributed by atoms with E-state index >= 15 is 0 Å². The maximum absolute atomic E-state index is 12.0. The third-order valence-corrected chi connectivity index (χ3v) is 2.95. The van der Waals surface area contributed by atoms with Gasteiger partial charge in [0.05, 0.1) is 6.54 Å². The SMILES string of the molecule is O=C(Cn1nnnc1CN1CCCC1)NCC(F)(F)F. The second-order valence-corrected chi connectivity index (χ2v) is 4.63. The molecule has 112 valence electrons. The molecule has 7 nitrogen and oxygen atoms in total. The van der Waals surface area contributed by atoms with E-state index in [-0.39, 0.29) is 6.54 Å². The predicted octanol–water partition coefficient (Wildman–Crippen LogP) is -0.0526. The van der Waals surface area contributed by atoms with Crippen LogP contribution in [0, 0.1) is 0 Å². The largest absolute Gasteiger partial charge is 0.405 e. The lowest BCUT2D eigenvalue weighted by atomic mass is 10.4. The average molecular weight is 292 g/mol. The maximum Gasteiger partial charge on any atom is 0.405 e. The van der Waals surface area contributed by atoms with E-state index in [9.17, 15) is 18.0 Å². The Kier molecular flexibility index (Phi) is 4.53. The summed E-state index contributed by atoms with van der Waals surface area (Å²) in [6, 6.07) is 0. The summed E-state index contributed by atoms with van der Waals surface area (Å²) in [6.45, 7) is 0.710. The Morgan fingerprint density at radius 2 is 2.00 bits per heavy atom. The highest BCUT2D eigenvalue weighted by molar-refractivity contribution is 5.75. The molecule has 0 saturated carbocycles. The number of aromatic nitrogens is 4. The number of amides is 1. The van der Waals surface area contributed by atoms with E-state index in [1.54, 1.807) is 5.32 Å². The quantitative estimate of drug-likeness (QED) is 0.823. The molecule has 20 heavy (non-hydrogen) atoms.